The van der Waals surface area contributed by atoms with Gasteiger partial charge in [-0.15, -0.1) is 0 Å². The summed E-state index contributed by atoms with van der Waals surface area (Å²) in [4.78, 5) is 12.9. The number of hydrogen-bond donors (Lipinski definition) is 2. The minimum atomic E-state index is -0.127. The molecule has 3 nitrogen and oxygen atoms in total. The molecule has 0 saturated carbocycles. The molecule has 22 heavy (non-hydrogen) atoms. The lowest BCUT2D eigenvalue weighted by molar-refractivity contribution is 0.102. The Hall–Kier alpha value is -2.20. The number of carbonyl (C=O) groups excluding carboxylic acids is 1. The van der Waals surface area contributed by atoms with Crippen molar-refractivity contribution in [3.05, 3.63) is 65.2 Å². The minimum absolute atomic E-state index is 0.127. The van der Waals surface area contributed by atoms with Crippen LogP contribution in [0, 0.1) is 0 Å². The molecule has 0 fully saturated rings. The van der Waals surface area contributed by atoms with Crippen LogP contribution in [0.5, 0.6) is 0 Å². The van der Waals surface area contributed by atoms with Gasteiger partial charge in [0, 0.05) is 17.7 Å². The second-order valence-electron chi connectivity index (χ2n) is 5.54. The second-order valence-corrected chi connectivity index (χ2v) is 6.06. The molecule has 1 amide bonds. The SMILES string of the molecule is CC(C)c1ccccc1NC(=O)c1cccc(CC(N)=S)c1. The predicted molar refractivity (Wildman–Crippen MR) is 95.4 cm³/mol. The highest BCUT2D eigenvalue weighted by Crippen LogP contribution is 2.24. The molecule has 0 aliphatic rings. The molecule has 0 heterocycles. The Morgan fingerprint density at radius 3 is 2.59 bits per heavy atom. The van der Waals surface area contributed by atoms with Crippen LogP contribution in [0.2, 0.25) is 0 Å². The third-order valence-corrected chi connectivity index (χ3v) is 3.54. The van der Waals surface area contributed by atoms with Crippen LogP contribution in [0.3, 0.4) is 0 Å². The monoisotopic (exact) mass is 312 g/mol. The van der Waals surface area contributed by atoms with Gasteiger partial charge in [0.25, 0.3) is 5.91 Å². The van der Waals surface area contributed by atoms with Crippen LogP contribution in [-0.2, 0) is 6.42 Å². The molecular formula is C18H20N2OS. The summed E-state index contributed by atoms with van der Waals surface area (Å²) in [6.45, 7) is 4.21. The lowest BCUT2D eigenvalue weighted by Crippen LogP contribution is -2.15. The minimum Gasteiger partial charge on any atom is -0.393 e. The Morgan fingerprint density at radius 1 is 1.18 bits per heavy atom. The Bertz CT molecular complexity index is 695. The van der Waals surface area contributed by atoms with E-state index in [9.17, 15) is 4.79 Å². The summed E-state index contributed by atoms with van der Waals surface area (Å²) in [5.41, 5.74) is 9.07. The smallest absolute Gasteiger partial charge is 0.255 e. The third-order valence-electron chi connectivity index (χ3n) is 3.40. The Labute approximate surface area is 136 Å². The molecule has 0 unspecified atom stereocenters. The van der Waals surface area contributed by atoms with E-state index >= 15 is 0 Å². The highest BCUT2D eigenvalue weighted by molar-refractivity contribution is 7.80. The summed E-state index contributed by atoms with van der Waals surface area (Å²) in [5.74, 6) is 0.218. The molecule has 2 rings (SSSR count). The first-order chi connectivity index (χ1) is 10.5. The van der Waals surface area contributed by atoms with Crippen molar-refractivity contribution < 1.29 is 4.79 Å². The average molecular weight is 312 g/mol. The first-order valence-electron chi connectivity index (χ1n) is 7.25. The van der Waals surface area contributed by atoms with Gasteiger partial charge in [0.15, 0.2) is 0 Å². The summed E-state index contributed by atoms with van der Waals surface area (Å²) in [6, 6.07) is 15.2. The highest BCUT2D eigenvalue weighted by Gasteiger charge is 2.11. The zero-order valence-corrected chi connectivity index (χ0v) is 13.6. The normalized spacial score (nSPS) is 10.5. The molecule has 0 saturated heterocycles. The molecule has 0 aliphatic carbocycles. The zero-order valence-electron chi connectivity index (χ0n) is 12.8. The number of nitrogens with one attached hydrogen (secondary N) is 1. The summed E-state index contributed by atoms with van der Waals surface area (Å²) >= 11 is 4.91. The van der Waals surface area contributed by atoms with Crippen LogP contribution in [0.25, 0.3) is 0 Å². The van der Waals surface area contributed by atoms with Crippen LogP contribution in [0.4, 0.5) is 5.69 Å². The summed E-state index contributed by atoms with van der Waals surface area (Å²) in [7, 11) is 0. The van der Waals surface area contributed by atoms with E-state index < -0.39 is 0 Å². The Balaban J connectivity index is 2.21. The van der Waals surface area contributed by atoms with E-state index in [0.29, 0.717) is 22.9 Å². The Morgan fingerprint density at radius 2 is 1.91 bits per heavy atom. The van der Waals surface area contributed by atoms with Crippen LogP contribution in [0.1, 0.15) is 41.3 Å². The van der Waals surface area contributed by atoms with Crippen molar-refractivity contribution in [1.29, 1.82) is 0 Å². The number of para-hydroxylation sites is 1. The van der Waals surface area contributed by atoms with Gasteiger partial charge in [-0.1, -0.05) is 56.4 Å². The number of carbonyl (C=O) groups is 1. The Kier molecular flexibility index (Phi) is 5.28. The number of nitrogens with two attached hydrogens (primary N) is 1. The fourth-order valence-corrected chi connectivity index (χ4v) is 2.50. The molecule has 0 aromatic heterocycles. The van der Waals surface area contributed by atoms with Crippen molar-refractivity contribution in [3.8, 4) is 0 Å². The molecule has 2 aromatic rings. The molecule has 0 spiro atoms. The van der Waals surface area contributed by atoms with Crippen molar-refractivity contribution in [2.45, 2.75) is 26.2 Å². The quantitative estimate of drug-likeness (QED) is 0.824. The van der Waals surface area contributed by atoms with Crippen molar-refractivity contribution in [2.24, 2.45) is 5.73 Å². The van der Waals surface area contributed by atoms with E-state index in [1.165, 1.54) is 0 Å². The van der Waals surface area contributed by atoms with Gasteiger partial charge < -0.3 is 11.1 Å². The molecular weight excluding hydrogens is 292 g/mol. The van der Waals surface area contributed by atoms with Crippen LogP contribution in [0.15, 0.2) is 48.5 Å². The zero-order chi connectivity index (χ0) is 16.1. The average Bonchev–Trinajstić information content (AvgIpc) is 2.47. The summed E-state index contributed by atoms with van der Waals surface area (Å²) in [5, 5.41) is 2.99. The lowest BCUT2D eigenvalue weighted by Gasteiger charge is -2.14. The molecule has 0 radical (unpaired) electrons. The van der Waals surface area contributed by atoms with E-state index in [2.05, 4.69) is 19.2 Å². The van der Waals surface area contributed by atoms with E-state index in [0.717, 1.165) is 16.8 Å². The molecule has 3 N–H and O–H groups in total. The van der Waals surface area contributed by atoms with Crippen molar-refractivity contribution in [1.82, 2.24) is 0 Å². The molecule has 4 heteroatoms. The molecule has 0 aliphatic heterocycles. The van der Waals surface area contributed by atoms with E-state index in [-0.39, 0.29) is 5.91 Å². The lowest BCUT2D eigenvalue weighted by atomic mass is 10.0. The van der Waals surface area contributed by atoms with E-state index in [1.54, 1.807) is 6.07 Å². The predicted octanol–water partition coefficient (Wildman–Crippen LogP) is 3.89. The third kappa shape index (κ3) is 4.15. The van der Waals surface area contributed by atoms with Gasteiger partial charge in [-0.3, -0.25) is 4.79 Å². The number of thiocarbonyl (C=S) groups is 1. The summed E-state index contributed by atoms with van der Waals surface area (Å²) < 4.78 is 0. The number of amides is 1. The van der Waals surface area contributed by atoms with Crippen molar-refractivity contribution in [2.75, 3.05) is 5.32 Å². The maximum absolute atomic E-state index is 12.5. The largest absolute Gasteiger partial charge is 0.393 e. The van der Waals surface area contributed by atoms with Gasteiger partial charge in [0.2, 0.25) is 0 Å². The van der Waals surface area contributed by atoms with Crippen LogP contribution < -0.4 is 11.1 Å². The second kappa shape index (κ2) is 7.18. The van der Waals surface area contributed by atoms with Gasteiger partial charge >= 0.3 is 0 Å². The number of anilines is 1. The number of rotatable bonds is 5. The van der Waals surface area contributed by atoms with Gasteiger partial charge in [-0.25, -0.2) is 0 Å². The maximum Gasteiger partial charge on any atom is 0.255 e. The van der Waals surface area contributed by atoms with Crippen LogP contribution in [-0.4, -0.2) is 10.9 Å². The van der Waals surface area contributed by atoms with Gasteiger partial charge in [0.05, 0.1) is 4.99 Å². The van der Waals surface area contributed by atoms with Crippen molar-refractivity contribution >= 4 is 28.8 Å². The van der Waals surface area contributed by atoms with Crippen LogP contribution >= 0.6 is 12.2 Å². The molecule has 114 valence electrons. The highest BCUT2D eigenvalue weighted by atomic mass is 32.1. The first-order valence-corrected chi connectivity index (χ1v) is 7.65. The van der Waals surface area contributed by atoms with Crippen molar-refractivity contribution in [3.63, 3.8) is 0 Å². The topological polar surface area (TPSA) is 55.1 Å². The van der Waals surface area contributed by atoms with Gasteiger partial charge in [-0.05, 0) is 35.2 Å². The van der Waals surface area contributed by atoms with Gasteiger partial charge in [-0.2, -0.15) is 0 Å². The fraction of sp³-hybridized carbons (Fsp3) is 0.222. The number of benzene rings is 2. The van der Waals surface area contributed by atoms with Gasteiger partial charge in [0.1, 0.15) is 0 Å². The summed E-state index contributed by atoms with van der Waals surface area (Å²) in [6.07, 6.45) is 0.499. The molecule has 0 bridgehead atoms. The molecule has 2 aromatic carbocycles. The van der Waals surface area contributed by atoms with E-state index in [1.807, 2.05) is 42.5 Å². The maximum atomic E-state index is 12.5. The molecule has 0 atom stereocenters. The fourth-order valence-electron chi connectivity index (χ4n) is 2.33. The van der Waals surface area contributed by atoms with E-state index in [4.69, 9.17) is 18.0 Å². The number of hydrogen-bond acceptors (Lipinski definition) is 2. The first kappa shape index (κ1) is 16.2. The standard InChI is InChI=1S/C18H20N2OS/c1-12(2)15-8-3-4-9-16(15)20-18(21)14-7-5-6-13(10-14)11-17(19)22/h3-10,12H,11H2,1-2H3,(H2,19,22)(H,20,21).